The molecule has 0 aromatic heterocycles. The van der Waals surface area contributed by atoms with Crippen molar-refractivity contribution in [2.24, 2.45) is 5.92 Å². The van der Waals surface area contributed by atoms with Crippen molar-refractivity contribution in [3.05, 3.63) is 46.0 Å². The average Bonchev–Trinajstić information content (AvgIpc) is 2.97. The van der Waals surface area contributed by atoms with E-state index < -0.39 is 17.6 Å². The van der Waals surface area contributed by atoms with Crippen LogP contribution in [0.15, 0.2) is 30.3 Å². The van der Waals surface area contributed by atoms with Crippen LogP contribution in [0.4, 0.5) is 0 Å². The molecule has 118 valence electrons. The summed E-state index contributed by atoms with van der Waals surface area (Å²) < 4.78 is 11.4. The maximum absolute atomic E-state index is 12.4. The molecule has 1 aromatic carbocycles. The summed E-state index contributed by atoms with van der Waals surface area (Å²) in [4.78, 5) is 23.1. The molecule has 1 aliphatic heterocycles. The van der Waals surface area contributed by atoms with E-state index in [4.69, 9.17) is 9.47 Å². The molecule has 2 fully saturated rings. The Kier molecular flexibility index (Phi) is 4.22. The van der Waals surface area contributed by atoms with Gasteiger partial charge in [0.1, 0.15) is 5.78 Å². The number of rotatable bonds is 4. The van der Waals surface area contributed by atoms with Crippen molar-refractivity contribution in [2.45, 2.75) is 31.0 Å². The van der Waals surface area contributed by atoms with Gasteiger partial charge in [-0.25, -0.2) is 0 Å². The molecule has 3 rings (SSSR count). The minimum Gasteiger partial charge on any atom is -0.347 e. The van der Waals surface area contributed by atoms with Gasteiger partial charge in [-0.15, -0.1) is 0 Å². The minimum absolute atomic E-state index is 0.0698. The zero-order valence-corrected chi connectivity index (χ0v) is 12.3. The van der Waals surface area contributed by atoms with Crippen molar-refractivity contribution in [1.82, 2.24) is 0 Å². The lowest BCUT2D eigenvalue weighted by atomic mass is 9.73. The topological polar surface area (TPSA) is 78.7 Å². The molecule has 0 N–H and O–H groups in total. The van der Waals surface area contributed by atoms with Crippen molar-refractivity contribution in [1.29, 1.82) is 0 Å². The Morgan fingerprint density at radius 3 is 2.59 bits per heavy atom. The summed E-state index contributed by atoms with van der Waals surface area (Å²) in [6, 6.07) is 9.24. The number of nitro groups is 1. The number of carbonyl (C=O) groups excluding carboxylic acids is 1. The molecule has 0 amide bonds. The summed E-state index contributed by atoms with van der Waals surface area (Å²) >= 11 is 0. The lowest BCUT2D eigenvalue weighted by molar-refractivity contribution is -0.484. The molecule has 1 heterocycles. The Morgan fingerprint density at radius 2 is 1.95 bits per heavy atom. The van der Waals surface area contributed by atoms with E-state index in [9.17, 15) is 14.9 Å². The van der Waals surface area contributed by atoms with Crippen molar-refractivity contribution >= 4 is 5.78 Å². The van der Waals surface area contributed by atoms with Gasteiger partial charge in [-0.2, -0.15) is 0 Å². The maximum Gasteiger partial charge on any atom is 0.211 e. The van der Waals surface area contributed by atoms with Gasteiger partial charge in [-0.05, 0) is 5.56 Å². The first-order valence-electron chi connectivity index (χ1n) is 7.57. The summed E-state index contributed by atoms with van der Waals surface area (Å²) in [5.41, 5.74) is 0.826. The van der Waals surface area contributed by atoms with Gasteiger partial charge in [0.15, 0.2) is 5.79 Å². The smallest absolute Gasteiger partial charge is 0.211 e. The molecular formula is C16H19NO5. The Bertz CT molecular complexity index is 553. The molecule has 1 spiro atoms. The second-order valence-corrected chi connectivity index (χ2v) is 5.92. The van der Waals surface area contributed by atoms with Gasteiger partial charge in [0.2, 0.25) is 6.54 Å². The molecule has 0 bridgehead atoms. The van der Waals surface area contributed by atoms with Crippen LogP contribution in [0.1, 0.15) is 30.7 Å². The highest BCUT2D eigenvalue weighted by atomic mass is 16.7. The first-order valence-corrected chi connectivity index (χ1v) is 7.57. The Labute approximate surface area is 128 Å². The van der Waals surface area contributed by atoms with Gasteiger partial charge in [-0.3, -0.25) is 14.9 Å². The lowest BCUT2D eigenvalue weighted by Gasteiger charge is -2.37. The molecule has 0 radical (unpaired) electrons. The molecule has 1 saturated heterocycles. The number of ketones is 1. The molecule has 1 aliphatic carbocycles. The summed E-state index contributed by atoms with van der Waals surface area (Å²) in [6.07, 6.45) is 1.30. The third-order valence-electron chi connectivity index (χ3n) is 4.57. The average molecular weight is 305 g/mol. The Hall–Kier alpha value is -1.79. The van der Waals surface area contributed by atoms with Gasteiger partial charge in [0.05, 0.1) is 19.1 Å². The molecule has 6 nitrogen and oxygen atoms in total. The Balaban J connectivity index is 1.88. The predicted octanol–water partition coefficient (Wildman–Crippen LogP) is 2.16. The molecule has 0 unspecified atom stereocenters. The molecule has 1 aromatic rings. The normalized spacial score (nSPS) is 25.3. The zero-order valence-electron chi connectivity index (χ0n) is 12.3. The van der Waals surface area contributed by atoms with E-state index in [0.29, 0.717) is 32.5 Å². The second kappa shape index (κ2) is 6.14. The van der Waals surface area contributed by atoms with Gasteiger partial charge in [0, 0.05) is 30.1 Å². The van der Waals surface area contributed by atoms with Crippen LogP contribution >= 0.6 is 0 Å². The van der Waals surface area contributed by atoms with E-state index in [-0.39, 0.29) is 17.3 Å². The fourth-order valence-electron chi connectivity index (χ4n) is 3.50. The summed E-state index contributed by atoms with van der Waals surface area (Å²) in [5, 5.41) is 11.1. The van der Waals surface area contributed by atoms with E-state index in [1.807, 2.05) is 30.3 Å². The van der Waals surface area contributed by atoms with Gasteiger partial charge in [-0.1, -0.05) is 30.3 Å². The van der Waals surface area contributed by atoms with Crippen LogP contribution in [0.3, 0.4) is 0 Å². The summed E-state index contributed by atoms with van der Waals surface area (Å²) in [5.74, 6) is -1.52. The number of hydrogen-bond donors (Lipinski definition) is 0. The fourth-order valence-corrected chi connectivity index (χ4v) is 3.50. The first kappa shape index (κ1) is 15.1. The van der Waals surface area contributed by atoms with Crippen LogP contribution in [-0.4, -0.2) is 36.3 Å². The number of hydrogen-bond acceptors (Lipinski definition) is 5. The van der Waals surface area contributed by atoms with Crippen LogP contribution in [0.5, 0.6) is 0 Å². The number of ether oxygens (including phenoxy) is 2. The zero-order chi connectivity index (χ0) is 15.6. The number of benzene rings is 1. The molecule has 1 saturated carbocycles. The number of Topliss-reactive ketones (excluding diaryl/α,β-unsaturated/α-hetero) is 1. The summed E-state index contributed by atoms with van der Waals surface area (Å²) in [7, 11) is 0. The molecular weight excluding hydrogens is 286 g/mol. The monoisotopic (exact) mass is 305 g/mol. The van der Waals surface area contributed by atoms with Crippen LogP contribution in [0.25, 0.3) is 0 Å². The molecule has 2 atom stereocenters. The van der Waals surface area contributed by atoms with Crippen LogP contribution < -0.4 is 0 Å². The van der Waals surface area contributed by atoms with Crippen LogP contribution in [-0.2, 0) is 14.3 Å². The standard InChI is InChI=1S/C16H19NO5/c18-15-6-7-16(21-8-9-22-16)10-13(15)14(11-17(19)20)12-4-2-1-3-5-12/h1-5,13-14H,6-11H2/t13-,14-/m0/s1. The number of nitrogens with zero attached hydrogens (tertiary/aromatic N) is 1. The van der Waals surface area contributed by atoms with Crippen LogP contribution in [0, 0.1) is 16.0 Å². The fraction of sp³-hybridized carbons (Fsp3) is 0.562. The van der Waals surface area contributed by atoms with Gasteiger partial charge >= 0.3 is 0 Å². The van der Waals surface area contributed by atoms with E-state index >= 15 is 0 Å². The quantitative estimate of drug-likeness (QED) is 0.629. The van der Waals surface area contributed by atoms with E-state index in [0.717, 1.165) is 5.56 Å². The maximum atomic E-state index is 12.4. The van der Waals surface area contributed by atoms with E-state index in [1.165, 1.54) is 0 Å². The van der Waals surface area contributed by atoms with Crippen molar-refractivity contribution in [3.63, 3.8) is 0 Å². The highest BCUT2D eigenvalue weighted by Gasteiger charge is 2.48. The van der Waals surface area contributed by atoms with Gasteiger partial charge < -0.3 is 9.47 Å². The minimum atomic E-state index is -0.720. The SMILES string of the molecule is O=C1CCC2(C[C@H]1[C@@H](C[N+](=O)[O-])c1ccccc1)OCCO2. The van der Waals surface area contributed by atoms with Crippen molar-refractivity contribution in [3.8, 4) is 0 Å². The van der Waals surface area contributed by atoms with Crippen LogP contribution in [0.2, 0.25) is 0 Å². The second-order valence-electron chi connectivity index (χ2n) is 5.92. The molecule has 22 heavy (non-hydrogen) atoms. The third kappa shape index (κ3) is 3.03. The largest absolute Gasteiger partial charge is 0.347 e. The Morgan fingerprint density at radius 1 is 1.27 bits per heavy atom. The summed E-state index contributed by atoms with van der Waals surface area (Å²) in [6.45, 7) is 0.787. The third-order valence-corrected chi connectivity index (χ3v) is 4.57. The van der Waals surface area contributed by atoms with E-state index in [2.05, 4.69) is 0 Å². The highest BCUT2D eigenvalue weighted by molar-refractivity contribution is 5.83. The van der Waals surface area contributed by atoms with Crippen molar-refractivity contribution < 1.29 is 19.2 Å². The number of carbonyl (C=O) groups is 1. The lowest BCUT2D eigenvalue weighted by Crippen LogP contribution is -2.43. The van der Waals surface area contributed by atoms with E-state index in [1.54, 1.807) is 0 Å². The first-order chi connectivity index (χ1) is 10.6. The predicted molar refractivity (Wildman–Crippen MR) is 78.0 cm³/mol. The molecule has 2 aliphatic rings. The van der Waals surface area contributed by atoms with Crippen molar-refractivity contribution in [2.75, 3.05) is 19.8 Å². The molecule has 6 heteroatoms. The highest BCUT2D eigenvalue weighted by Crippen LogP contribution is 2.42. The van der Waals surface area contributed by atoms with Gasteiger partial charge in [0.25, 0.3) is 0 Å².